The van der Waals surface area contributed by atoms with Gasteiger partial charge in [0.15, 0.2) is 0 Å². The molecule has 0 spiro atoms. The Bertz CT molecular complexity index is 173. The lowest BCUT2D eigenvalue weighted by Gasteiger charge is -2.37. The molecule has 2 saturated carbocycles. The number of rotatable bonds is 0. The molecule has 13 heavy (non-hydrogen) atoms. The standard InChI is InChI=1S/C13H24/c1-9-4-5-12-7-10(2)8-13(6-9)11(12)3/h9-13H,4-8H2,1-3H3/t9-,10+,11-,12?,13?/m1/s1. The maximum absolute atomic E-state index is 2.51. The first kappa shape index (κ1) is 9.55. The van der Waals surface area contributed by atoms with E-state index in [2.05, 4.69) is 20.8 Å². The number of fused-ring (bicyclic) bond motifs is 2. The summed E-state index contributed by atoms with van der Waals surface area (Å²) in [4.78, 5) is 0. The lowest BCUT2D eigenvalue weighted by Crippen LogP contribution is -2.28. The highest BCUT2D eigenvalue weighted by molar-refractivity contribution is 4.86. The first-order valence-corrected chi connectivity index (χ1v) is 6.16. The van der Waals surface area contributed by atoms with E-state index in [-0.39, 0.29) is 0 Å². The molecule has 2 rings (SSSR count). The van der Waals surface area contributed by atoms with Crippen molar-refractivity contribution >= 4 is 0 Å². The van der Waals surface area contributed by atoms with Crippen molar-refractivity contribution in [2.24, 2.45) is 29.6 Å². The number of hydrogen-bond donors (Lipinski definition) is 0. The summed E-state index contributed by atoms with van der Waals surface area (Å²) in [5.74, 6) is 5.17. The summed E-state index contributed by atoms with van der Waals surface area (Å²) in [6.07, 6.45) is 7.57. The maximum atomic E-state index is 2.51. The Morgan fingerprint density at radius 1 is 0.692 bits per heavy atom. The molecular formula is C13H24. The molecule has 0 nitrogen and oxygen atoms in total. The fourth-order valence-corrected chi connectivity index (χ4v) is 3.77. The quantitative estimate of drug-likeness (QED) is 0.526. The Balaban J connectivity index is 2.10. The lowest BCUT2D eigenvalue weighted by atomic mass is 9.68. The maximum Gasteiger partial charge on any atom is -0.0381 e. The first-order chi connectivity index (χ1) is 6.16. The molecular weight excluding hydrogens is 156 g/mol. The van der Waals surface area contributed by atoms with Crippen LogP contribution in [-0.2, 0) is 0 Å². The van der Waals surface area contributed by atoms with Gasteiger partial charge in [-0.1, -0.05) is 27.2 Å². The average molecular weight is 180 g/mol. The second-order valence-electron chi connectivity index (χ2n) is 5.87. The van der Waals surface area contributed by atoms with Gasteiger partial charge in [0.05, 0.1) is 0 Å². The monoisotopic (exact) mass is 180 g/mol. The summed E-state index contributed by atoms with van der Waals surface area (Å²) in [5.41, 5.74) is 0. The van der Waals surface area contributed by atoms with Crippen LogP contribution >= 0.6 is 0 Å². The molecule has 0 amide bonds. The fraction of sp³-hybridized carbons (Fsp3) is 1.00. The third kappa shape index (κ3) is 1.92. The predicted octanol–water partition coefficient (Wildman–Crippen LogP) is 4.10. The van der Waals surface area contributed by atoms with Crippen LogP contribution in [0.4, 0.5) is 0 Å². The van der Waals surface area contributed by atoms with E-state index in [4.69, 9.17) is 0 Å². The zero-order chi connectivity index (χ0) is 9.42. The van der Waals surface area contributed by atoms with Crippen molar-refractivity contribution in [3.05, 3.63) is 0 Å². The van der Waals surface area contributed by atoms with E-state index < -0.39 is 0 Å². The van der Waals surface area contributed by atoms with Crippen molar-refractivity contribution in [3.8, 4) is 0 Å². The van der Waals surface area contributed by atoms with E-state index in [0.717, 1.165) is 29.6 Å². The smallest absolute Gasteiger partial charge is 0.0381 e. The molecule has 5 atom stereocenters. The molecule has 2 bridgehead atoms. The van der Waals surface area contributed by atoms with Crippen LogP contribution in [0, 0.1) is 29.6 Å². The summed E-state index contributed by atoms with van der Waals surface area (Å²) in [6, 6.07) is 0. The van der Waals surface area contributed by atoms with Crippen LogP contribution in [0.25, 0.3) is 0 Å². The largest absolute Gasteiger partial charge is 0.0625 e. The molecule has 0 heterocycles. The highest BCUT2D eigenvalue weighted by Gasteiger charge is 2.36. The zero-order valence-corrected chi connectivity index (χ0v) is 9.42. The summed E-state index contributed by atoms with van der Waals surface area (Å²) in [7, 11) is 0. The number of hydrogen-bond acceptors (Lipinski definition) is 0. The summed E-state index contributed by atoms with van der Waals surface area (Å²) in [5, 5.41) is 0. The molecule has 0 aromatic rings. The predicted molar refractivity (Wildman–Crippen MR) is 57.6 cm³/mol. The lowest BCUT2D eigenvalue weighted by molar-refractivity contribution is 0.127. The van der Waals surface area contributed by atoms with Gasteiger partial charge in [0.25, 0.3) is 0 Å². The van der Waals surface area contributed by atoms with Crippen LogP contribution in [-0.4, -0.2) is 0 Å². The van der Waals surface area contributed by atoms with Crippen LogP contribution in [0.15, 0.2) is 0 Å². The molecule has 2 unspecified atom stereocenters. The third-order valence-corrected chi connectivity index (χ3v) is 4.63. The van der Waals surface area contributed by atoms with Crippen molar-refractivity contribution in [3.63, 3.8) is 0 Å². The van der Waals surface area contributed by atoms with Crippen LogP contribution in [0.5, 0.6) is 0 Å². The molecule has 76 valence electrons. The average Bonchev–Trinajstić information content (AvgIpc) is 2.18. The normalized spacial score (nSPS) is 51.5. The van der Waals surface area contributed by atoms with E-state index in [1.165, 1.54) is 32.1 Å². The second-order valence-corrected chi connectivity index (χ2v) is 5.87. The zero-order valence-electron chi connectivity index (χ0n) is 9.42. The molecule has 2 aliphatic carbocycles. The van der Waals surface area contributed by atoms with Crippen LogP contribution < -0.4 is 0 Å². The molecule has 0 aromatic heterocycles. The van der Waals surface area contributed by atoms with Gasteiger partial charge in [-0.25, -0.2) is 0 Å². The van der Waals surface area contributed by atoms with Crippen molar-refractivity contribution in [2.45, 2.75) is 52.9 Å². The molecule has 2 aliphatic rings. The topological polar surface area (TPSA) is 0 Å². The van der Waals surface area contributed by atoms with Crippen molar-refractivity contribution in [1.82, 2.24) is 0 Å². The Hall–Kier alpha value is 0. The van der Waals surface area contributed by atoms with Gasteiger partial charge >= 0.3 is 0 Å². The molecule has 0 heteroatoms. The summed E-state index contributed by atoms with van der Waals surface area (Å²) < 4.78 is 0. The minimum absolute atomic E-state index is 1.00. The van der Waals surface area contributed by atoms with Gasteiger partial charge in [-0.05, 0) is 55.3 Å². The van der Waals surface area contributed by atoms with Crippen molar-refractivity contribution < 1.29 is 0 Å². The van der Waals surface area contributed by atoms with Gasteiger partial charge in [-0.15, -0.1) is 0 Å². The molecule has 0 aromatic carbocycles. The molecule has 0 saturated heterocycles. The fourth-order valence-electron chi connectivity index (χ4n) is 3.77. The van der Waals surface area contributed by atoms with Gasteiger partial charge in [-0.3, -0.25) is 0 Å². The van der Waals surface area contributed by atoms with Crippen LogP contribution in [0.2, 0.25) is 0 Å². The van der Waals surface area contributed by atoms with Crippen LogP contribution in [0.1, 0.15) is 52.9 Å². The van der Waals surface area contributed by atoms with Gasteiger partial charge in [0, 0.05) is 0 Å². The Labute approximate surface area is 83.1 Å². The van der Waals surface area contributed by atoms with E-state index in [1.54, 1.807) is 0 Å². The van der Waals surface area contributed by atoms with Gasteiger partial charge in [0.1, 0.15) is 0 Å². The molecule has 0 radical (unpaired) electrons. The molecule has 2 fully saturated rings. The highest BCUT2D eigenvalue weighted by atomic mass is 14.4. The Kier molecular flexibility index (Phi) is 2.67. The highest BCUT2D eigenvalue weighted by Crippen LogP contribution is 2.46. The van der Waals surface area contributed by atoms with Gasteiger partial charge < -0.3 is 0 Å². The van der Waals surface area contributed by atoms with Crippen molar-refractivity contribution in [2.75, 3.05) is 0 Å². The first-order valence-electron chi connectivity index (χ1n) is 6.16. The SMILES string of the molecule is C[C@H]1CC2CC[C@@H](C)CC(C1)[C@@H]2C. The second kappa shape index (κ2) is 3.63. The van der Waals surface area contributed by atoms with E-state index >= 15 is 0 Å². The summed E-state index contributed by atoms with van der Waals surface area (Å²) in [6.45, 7) is 7.43. The minimum Gasteiger partial charge on any atom is -0.0625 e. The third-order valence-electron chi connectivity index (χ3n) is 4.63. The van der Waals surface area contributed by atoms with Gasteiger partial charge in [0.2, 0.25) is 0 Å². The van der Waals surface area contributed by atoms with Crippen LogP contribution in [0.3, 0.4) is 0 Å². The van der Waals surface area contributed by atoms with E-state index in [0.29, 0.717) is 0 Å². The van der Waals surface area contributed by atoms with E-state index in [9.17, 15) is 0 Å². The Morgan fingerprint density at radius 3 is 2.08 bits per heavy atom. The van der Waals surface area contributed by atoms with E-state index in [1.807, 2.05) is 0 Å². The van der Waals surface area contributed by atoms with Gasteiger partial charge in [-0.2, -0.15) is 0 Å². The minimum atomic E-state index is 1.00. The molecule has 0 aliphatic heterocycles. The van der Waals surface area contributed by atoms with Crippen molar-refractivity contribution in [1.29, 1.82) is 0 Å². The molecule has 0 N–H and O–H groups in total. The summed E-state index contributed by atoms with van der Waals surface area (Å²) >= 11 is 0. The Morgan fingerprint density at radius 2 is 1.31 bits per heavy atom.